The van der Waals surface area contributed by atoms with E-state index >= 15 is 0 Å². The highest BCUT2D eigenvalue weighted by Gasteiger charge is 2.27. The van der Waals surface area contributed by atoms with E-state index in [0.717, 1.165) is 87.7 Å². The molecular formula is C34H46Cl2N12O4. The van der Waals surface area contributed by atoms with Gasteiger partial charge in [-0.2, -0.15) is 9.97 Å². The Kier molecular flexibility index (Phi) is 11.3. The molecular weight excluding hydrogens is 711 g/mol. The quantitative estimate of drug-likeness (QED) is 0.172. The molecule has 4 bridgehead atoms. The summed E-state index contributed by atoms with van der Waals surface area (Å²) in [6, 6.07) is 0.958. The fourth-order valence-electron chi connectivity index (χ4n) is 6.60. The fourth-order valence-corrected chi connectivity index (χ4v) is 6.89. The Hall–Kier alpha value is -4.12. The van der Waals surface area contributed by atoms with Crippen molar-refractivity contribution in [3.63, 3.8) is 0 Å². The summed E-state index contributed by atoms with van der Waals surface area (Å²) in [5.41, 5.74) is 3.62. The van der Waals surface area contributed by atoms with Crippen LogP contribution in [0.1, 0.15) is 75.8 Å². The number of aromatic nitrogens is 8. The molecule has 0 spiro atoms. The van der Waals surface area contributed by atoms with Gasteiger partial charge in [-0.25, -0.2) is 9.97 Å². The minimum atomic E-state index is 0.162. The summed E-state index contributed by atoms with van der Waals surface area (Å²) in [7, 11) is 0. The lowest BCUT2D eigenvalue weighted by Crippen LogP contribution is -2.22. The van der Waals surface area contributed by atoms with E-state index in [2.05, 4.69) is 55.1 Å². The summed E-state index contributed by atoms with van der Waals surface area (Å²) in [5.74, 6) is 3.34. The highest BCUT2D eigenvalue weighted by atomic mass is 35.5. The van der Waals surface area contributed by atoms with Crippen LogP contribution < -0.4 is 30.7 Å². The van der Waals surface area contributed by atoms with E-state index in [4.69, 9.17) is 52.3 Å². The average Bonchev–Trinajstić information content (AvgIpc) is 3.61. The number of nitrogens with zero attached hydrogens (tertiary/aromatic N) is 8. The maximum atomic E-state index is 6.22. The van der Waals surface area contributed by atoms with Gasteiger partial charge in [-0.1, -0.05) is 23.2 Å². The molecule has 4 aliphatic heterocycles. The first kappa shape index (κ1) is 36.2. The normalized spacial score (nSPS) is 21.0. The van der Waals surface area contributed by atoms with E-state index in [0.29, 0.717) is 70.6 Å². The van der Waals surface area contributed by atoms with E-state index in [9.17, 15) is 0 Å². The van der Waals surface area contributed by atoms with Crippen LogP contribution in [0.25, 0.3) is 0 Å². The van der Waals surface area contributed by atoms with E-state index in [1.54, 1.807) is 12.4 Å². The van der Waals surface area contributed by atoms with Crippen LogP contribution in [-0.2, 0) is 9.47 Å². The lowest BCUT2D eigenvalue weighted by atomic mass is 10.1. The minimum absolute atomic E-state index is 0.162. The molecule has 2 saturated heterocycles. The maximum Gasteiger partial charge on any atom is 0.257 e. The Bertz CT molecular complexity index is 1710. The zero-order valence-corrected chi connectivity index (χ0v) is 31.4. The topological polar surface area (TPSA) is 172 Å². The zero-order chi connectivity index (χ0) is 36.2. The molecule has 18 heteroatoms. The van der Waals surface area contributed by atoms with E-state index in [1.807, 2.05) is 23.2 Å². The lowest BCUT2D eigenvalue weighted by Gasteiger charge is -2.23. The Morgan fingerprint density at radius 2 is 1.02 bits per heavy atom. The summed E-state index contributed by atoms with van der Waals surface area (Å²) in [5, 5.41) is 23.6. The second-order valence-electron chi connectivity index (χ2n) is 13.5. The van der Waals surface area contributed by atoms with Gasteiger partial charge in [0.1, 0.15) is 21.4 Å². The molecule has 4 aliphatic rings. The minimum Gasteiger partial charge on any atom is -0.475 e. The first-order valence-corrected chi connectivity index (χ1v) is 18.7. The standard InChI is InChI=1S/2C17H23ClN6O2/c2*1-10-3-8-26-16-14(21-17-19-9-13(18)15(20-10)22-17)11(2)24(23-16)12-4-6-25-7-5-12/h2*9-10,12H,3-8H2,1-2H3,(H2,19,20,21,22)/t2*10-/m10/s1. The molecule has 2 fully saturated rings. The third-order valence-corrected chi connectivity index (χ3v) is 10.2. The Morgan fingerprint density at radius 3 is 1.42 bits per heavy atom. The Morgan fingerprint density at radius 1 is 0.615 bits per heavy atom. The van der Waals surface area contributed by atoms with Gasteiger partial charge < -0.3 is 40.2 Å². The van der Waals surface area contributed by atoms with Crippen molar-refractivity contribution in [2.45, 2.75) is 90.4 Å². The number of hydrogen-bond donors (Lipinski definition) is 4. The molecule has 4 aromatic rings. The third-order valence-electron chi connectivity index (χ3n) is 9.62. The summed E-state index contributed by atoms with van der Waals surface area (Å²) < 4.78 is 27.0. The van der Waals surface area contributed by atoms with Crippen LogP contribution in [-0.4, -0.2) is 91.2 Å². The average molecular weight is 758 g/mol. The van der Waals surface area contributed by atoms with Gasteiger partial charge in [0.05, 0.1) is 49.1 Å². The number of rotatable bonds is 2. The number of fused-ring (bicyclic) bond motifs is 6. The molecule has 4 aromatic heterocycles. The molecule has 0 amide bonds. The molecule has 2 atom stereocenters. The van der Waals surface area contributed by atoms with Crippen molar-refractivity contribution in [2.75, 3.05) is 60.9 Å². The van der Waals surface area contributed by atoms with Crippen LogP contribution in [0.3, 0.4) is 0 Å². The Balaban J connectivity index is 0.000000162. The van der Waals surface area contributed by atoms with Crippen LogP contribution in [0.2, 0.25) is 10.0 Å². The maximum absolute atomic E-state index is 6.22. The fraction of sp³-hybridized carbons (Fsp3) is 0.588. The molecule has 16 nitrogen and oxygen atoms in total. The second kappa shape index (κ2) is 16.3. The van der Waals surface area contributed by atoms with Crippen molar-refractivity contribution in [3.8, 4) is 11.8 Å². The largest absolute Gasteiger partial charge is 0.475 e. The van der Waals surface area contributed by atoms with Gasteiger partial charge >= 0.3 is 0 Å². The van der Waals surface area contributed by atoms with Crippen molar-refractivity contribution < 1.29 is 18.9 Å². The van der Waals surface area contributed by atoms with Crippen LogP contribution in [0.4, 0.5) is 34.9 Å². The molecule has 0 radical (unpaired) electrons. The first-order valence-electron chi connectivity index (χ1n) is 17.9. The van der Waals surface area contributed by atoms with Crippen molar-refractivity contribution >= 4 is 58.1 Å². The van der Waals surface area contributed by atoms with Crippen LogP contribution in [0, 0.1) is 13.8 Å². The van der Waals surface area contributed by atoms with Crippen molar-refractivity contribution in [3.05, 3.63) is 33.8 Å². The molecule has 4 N–H and O–H groups in total. The molecule has 0 unspecified atom stereocenters. The number of anilines is 6. The van der Waals surface area contributed by atoms with Crippen molar-refractivity contribution in [2.24, 2.45) is 0 Å². The van der Waals surface area contributed by atoms with Gasteiger partial charge in [-0.05, 0) is 53.4 Å². The summed E-state index contributed by atoms with van der Waals surface area (Å²) in [4.78, 5) is 17.6. The highest BCUT2D eigenvalue weighted by molar-refractivity contribution is 6.33. The highest BCUT2D eigenvalue weighted by Crippen LogP contribution is 2.37. The molecule has 280 valence electrons. The molecule has 0 aromatic carbocycles. The van der Waals surface area contributed by atoms with Gasteiger partial charge in [0, 0.05) is 51.4 Å². The van der Waals surface area contributed by atoms with E-state index in [1.165, 1.54) is 0 Å². The van der Waals surface area contributed by atoms with Gasteiger partial charge in [-0.3, -0.25) is 9.36 Å². The third kappa shape index (κ3) is 8.24. The lowest BCUT2D eigenvalue weighted by molar-refractivity contribution is 0.0651. The predicted molar refractivity (Wildman–Crippen MR) is 199 cm³/mol. The summed E-state index contributed by atoms with van der Waals surface area (Å²) >= 11 is 12.4. The molecule has 8 rings (SSSR count). The van der Waals surface area contributed by atoms with Gasteiger partial charge in [0.2, 0.25) is 11.9 Å². The Labute approximate surface area is 312 Å². The van der Waals surface area contributed by atoms with Crippen LogP contribution in [0.15, 0.2) is 12.4 Å². The van der Waals surface area contributed by atoms with Gasteiger partial charge in [-0.15, -0.1) is 10.2 Å². The van der Waals surface area contributed by atoms with Crippen molar-refractivity contribution in [1.82, 2.24) is 39.5 Å². The molecule has 0 aliphatic carbocycles. The summed E-state index contributed by atoms with van der Waals surface area (Å²) in [6.07, 6.45) is 8.60. The number of ether oxygens (including phenoxy) is 4. The zero-order valence-electron chi connectivity index (χ0n) is 29.9. The molecule has 52 heavy (non-hydrogen) atoms. The smallest absolute Gasteiger partial charge is 0.257 e. The SMILES string of the molecule is Cc1c2c(nn1C1CCOCC1)OCC[C@@H](C)Nc1nc(ncc1Cl)N2.Cc1c2c(nn1C1CCOCC1)OCC[C@H](C)Nc1nc(ncc1Cl)N2. The predicted octanol–water partition coefficient (Wildman–Crippen LogP) is 6.63. The summed E-state index contributed by atoms with van der Waals surface area (Å²) in [6.45, 7) is 12.3. The number of nitrogens with one attached hydrogen (secondary N) is 4. The molecule has 0 saturated carbocycles. The number of hydrogen-bond acceptors (Lipinski definition) is 14. The van der Waals surface area contributed by atoms with Crippen LogP contribution >= 0.6 is 23.2 Å². The van der Waals surface area contributed by atoms with Gasteiger partial charge in [0.15, 0.2) is 11.6 Å². The first-order chi connectivity index (χ1) is 25.2. The second-order valence-corrected chi connectivity index (χ2v) is 14.3. The van der Waals surface area contributed by atoms with E-state index < -0.39 is 0 Å². The number of halogens is 2. The van der Waals surface area contributed by atoms with E-state index in [-0.39, 0.29) is 12.1 Å². The van der Waals surface area contributed by atoms with Gasteiger partial charge in [0.25, 0.3) is 11.8 Å². The van der Waals surface area contributed by atoms with Crippen molar-refractivity contribution in [1.29, 1.82) is 0 Å². The van der Waals surface area contributed by atoms with Crippen LogP contribution in [0.5, 0.6) is 11.8 Å². The monoisotopic (exact) mass is 756 g/mol. The molecule has 8 heterocycles.